The molecule has 1 aromatic carbocycles. The molecule has 3 N–H and O–H groups in total. The van der Waals surface area contributed by atoms with Gasteiger partial charge in [0.2, 0.25) is 0 Å². The highest BCUT2D eigenvalue weighted by Gasteiger charge is 2.07. The number of unbranched alkanes of at least 4 members (excludes halogenated alkanes) is 3. The van der Waals surface area contributed by atoms with Gasteiger partial charge in [-0.15, -0.1) is 18.3 Å². The van der Waals surface area contributed by atoms with Gasteiger partial charge in [-0.05, 0) is 37.5 Å². The van der Waals surface area contributed by atoms with E-state index >= 15 is 0 Å². The van der Waals surface area contributed by atoms with E-state index < -0.39 is 0 Å². The van der Waals surface area contributed by atoms with Gasteiger partial charge < -0.3 is 0 Å². The quantitative estimate of drug-likeness (QED) is 0.221. The molecule has 0 aliphatic rings. The van der Waals surface area contributed by atoms with Gasteiger partial charge in [0.1, 0.15) is 0 Å². The molecule has 0 aliphatic carbocycles. The Morgan fingerprint density at radius 1 is 1.37 bits per heavy atom. The zero-order valence-corrected chi connectivity index (χ0v) is 12.8. The van der Waals surface area contributed by atoms with Crippen LogP contribution in [0.5, 0.6) is 0 Å². The van der Waals surface area contributed by atoms with Gasteiger partial charge in [0.05, 0.1) is 0 Å². The van der Waals surface area contributed by atoms with Crippen LogP contribution in [-0.4, -0.2) is 11.8 Å². The molecular weight excluding hydrogens is 276 g/mol. The second kappa shape index (κ2) is 10.3. The summed E-state index contributed by atoms with van der Waals surface area (Å²) in [5, 5.41) is 0.784. The molecule has 2 nitrogen and oxygen atoms in total. The number of rotatable bonds is 10. The summed E-state index contributed by atoms with van der Waals surface area (Å²) in [5.74, 6) is 6.57. The average Bonchev–Trinajstić information content (AvgIpc) is 2.42. The maximum atomic E-state index is 5.96. The zero-order chi connectivity index (χ0) is 13.9. The van der Waals surface area contributed by atoms with Gasteiger partial charge in [0.25, 0.3) is 0 Å². The van der Waals surface area contributed by atoms with Crippen LogP contribution < -0.4 is 11.3 Å². The van der Waals surface area contributed by atoms with Gasteiger partial charge in [-0.1, -0.05) is 36.6 Å². The fourth-order valence-corrected chi connectivity index (χ4v) is 3.12. The highest BCUT2D eigenvalue weighted by atomic mass is 35.5. The van der Waals surface area contributed by atoms with E-state index in [1.807, 2.05) is 24.3 Å². The molecule has 0 amide bonds. The molecule has 0 bridgehead atoms. The SMILES string of the molecule is C=CCCCCCC(CSc1cccc(Cl)c1)NN. The molecule has 0 saturated carbocycles. The summed E-state index contributed by atoms with van der Waals surface area (Å²) in [6, 6.07) is 8.29. The van der Waals surface area contributed by atoms with Gasteiger partial charge in [-0.25, -0.2) is 0 Å². The summed E-state index contributed by atoms with van der Waals surface area (Å²) in [7, 11) is 0. The van der Waals surface area contributed by atoms with Crippen LogP contribution in [0.15, 0.2) is 41.8 Å². The van der Waals surface area contributed by atoms with E-state index in [2.05, 4.69) is 18.1 Å². The number of thioether (sulfide) groups is 1. The van der Waals surface area contributed by atoms with Gasteiger partial charge in [-0.3, -0.25) is 11.3 Å². The monoisotopic (exact) mass is 298 g/mol. The molecule has 4 heteroatoms. The molecule has 0 spiro atoms. The van der Waals surface area contributed by atoms with Crippen molar-refractivity contribution in [2.24, 2.45) is 5.84 Å². The molecule has 0 saturated heterocycles. The summed E-state index contributed by atoms with van der Waals surface area (Å²) in [6.45, 7) is 3.73. The first-order chi connectivity index (χ1) is 9.26. The highest BCUT2D eigenvalue weighted by Crippen LogP contribution is 2.23. The third kappa shape index (κ3) is 7.63. The summed E-state index contributed by atoms with van der Waals surface area (Å²) in [6.07, 6.45) is 7.87. The van der Waals surface area contributed by atoms with Crippen molar-refractivity contribution in [2.75, 3.05) is 5.75 Å². The number of nitrogens with two attached hydrogens (primary N) is 1. The van der Waals surface area contributed by atoms with E-state index in [4.69, 9.17) is 17.4 Å². The number of allylic oxidation sites excluding steroid dienone is 1. The average molecular weight is 299 g/mol. The van der Waals surface area contributed by atoms with Crippen LogP contribution in [-0.2, 0) is 0 Å². The first-order valence-corrected chi connectivity index (χ1v) is 8.08. The van der Waals surface area contributed by atoms with E-state index in [0.717, 1.165) is 23.6 Å². The predicted molar refractivity (Wildman–Crippen MR) is 86.6 cm³/mol. The van der Waals surface area contributed by atoms with Crippen molar-refractivity contribution < 1.29 is 0 Å². The third-order valence-electron chi connectivity index (χ3n) is 2.94. The van der Waals surface area contributed by atoms with Crippen LogP contribution in [0.2, 0.25) is 5.02 Å². The molecule has 106 valence electrons. The Bertz CT molecular complexity index is 371. The molecule has 0 heterocycles. The molecule has 1 unspecified atom stereocenters. The highest BCUT2D eigenvalue weighted by molar-refractivity contribution is 7.99. The Morgan fingerprint density at radius 2 is 2.21 bits per heavy atom. The van der Waals surface area contributed by atoms with Crippen molar-refractivity contribution in [3.8, 4) is 0 Å². The standard InChI is InChI=1S/C15H23ClN2S/c1-2-3-4-5-6-9-14(18-17)12-19-15-10-7-8-13(16)11-15/h2,7-8,10-11,14,18H,1,3-6,9,12,17H2. The number of hydrogen-bond donors (Lipinski definition) is 2. The van der Waals surface area contributed by atoms with Gasteiger partial charge in [0.15, 0.2) is 0 Å². The van der Waals surface area contributed by atoms with Crippen molar-refractivity contribution in [1.29, 1.82) is 0 Å². The van der Waals surface area contributed by atoms with Crippen LogP contribution in [0.4, 0.5) is 0 Å². The van der Waals surface area contributed by atoms with E-state index in [9.17, 15) is 0 Å². The topological polar surface area (TPSA) is 38.0 Å². The lowest BCUT2D eigenvalue weighted by molar-refractivity contribution is 0.503. The minimum atomic E-state index is 0.354. The summed E-state index contributed by atoms with van der Waals surface area (Å²) in [5.41, 5.74) is 2.90. The normalized spacial score (nSPS) is 12.3. The van der Waals surface area contributed by atoms with Crippen LogP contribution in [0.25, 0.3) is 0 Å². The first kappa shape index (κ1) is 16.6. The second-order valence-corrected chi connectivity index (χ2v) is 6.09. The van der Waals surface area contributed by atoms with E-state index in [0.29, 0.717) is 6.04 Å². The van der Waals surface area contributed by atoms with Crippen LogP contribution in [0, 0.1) is 0 Å². The van der Waals surface area contributed by atoms with Gasteiger partial charge in [-0.2, -0.15) is 0 Å². The lowest BCUT2D eigenvalue weighted by atomic mass is 10.1. The molecular formula is C15H23ClN2S. The molecule has 0 aliphatic heterocycles. The lowest BCUT2D eigenvalue weighted by Crippen LogP contribution is -2.36. The molecule has 1 rings (SSSR count). The van der Waals surface area contributed by atoms with Gasteiger partial charge >= 0.3 is 0 Å². The smallest absolute Gasteiger partial charge is 0.0417 e. The summed E-state index contributed by atoms with van der Waals surface area (Å²) in [4.78, 5) is 1.19. The molecule has 0 radical (unpaired) electrons. The largest absolute Gasteiger partial charge is 0.271 e. The van der Waals surface area contributed by atoms with Crippen molar-refractivity contribution in [1.82, 2.24) is 5.43 Å². The van der Waals surface area contributed by atoms with Crippen LogP contribution in [0.1, 0.15) is 32.1 Å². The minimum absolute atomic E-state index is 0.354. The molecule has 1 atom stereocenters. The number of halogens is 1. The number of benzene rings is 1. The maximum Gasteiger partial charge on any atom is 0.0417 e. The molecule has 1 aromatic rings. The lowest BCUT2D eigenvalue weighted by Gasteiger charge is -2.15. The molecule has 0 fully saturated rings. The maximum absolute atomic E-state index is 5.96. The first-order valence-electron chi connectivity index (χ1n) is 6.71. The predicted octanol–water partition coefficient (Wildman–Crippen LogP) is 4.40. The van der Waals surface area contributed by atoms with Crippen molar-refractivity contribution >= 4 is 23.4 Å². The Morgan fingerprint density at radius 3 is 2.89 bits per heavy atom. The second-order valence-electron chi connectivity index (χ2n) is 4.56. The van der Waals surface area contributed by atoms with E-state index in [1.165, 1.54) is 24.2 Å². The number of nitrogens with one attached hydrogen (secondary N) is 1. The Labute approximate surface area is 125 Å². The Hall–Kier alpha value is -0.480. The van der Waals surface area contributed by atoms with Gasteiger partial charge in [0, 0.05) is 21.7 Å². The third-order valence-corrected chi connectivity index (χ3v) is 4.34. The fourth-order valence-electron chi connectivity index (χ4n) is 1.82. The molecule has 0 aromatic heterocycles. The number of hydrazine groups is 1. The van der Waals surface area contributed by atoms with E-state index in [-0.39, 0.29) is 0 Å². The van der Waals surface area contributed by atoms with Crippen LogP contribution in [0.3, 0.4) is 0 Å². The zero-order valence-electron chi connectivity index (χ0n) is 11.3. The summed E-state index contributed by atoms with van der Waals surface area (Å²) >= 11 is 7.76. The van der Waals surface area contributed by atoms with E-state index in [1.54, 1.807) is 11.8 Å². The fraction of sp³-hybridized carbons (Fsp3) is 0.467. The van der Waals surface area contributed by atoms with Crippen molar-refractivity contribution in [2.45, 2.75) is 43.0 Å². The molecule has 19 heavy (non-hydrogen) atoms. The number of hydrogen-bond acceptors (Lipinski definition) is 3. The van der Waals surface area contributed by atoms with Crippen LogP contribution >= 0.6 is 23.4 Å². The van der Waals surface area contributed by atoms with Crippen molar-refractivity contribution in [3.05, 3.63) is 41.9 Å². The minimum Gasteiger partial charge on any atom is -0.271 e. The van der Waals surface area contributed by atoms with Crippen molar-refractivity contribution in [3.63, 3.8) is 0 Å². The Kier molecular flexibility index (Phi) is 9.01. The summed E-state index contributed by atoms with van der Waals surface area (Å²) < 4.78 is 0. The Balaban J connectivity index is 2.22.